The van der Waals surface area contributed by atoms with E-state index in [0.29, 0.717) is 31.4 Å². The second-order valence-electron chi connectivity index (χ2n) is 4.58. The van der Waals surface area contributed by atoms with Crippen LogP contribution in [0.1, 0.15) is 15.4 Å². The molecule has 3 aromatic rings. The fourth-order valence-corrected chi connectivity index (χ4v) is 3.88. The van der Waals surface area contributed by atoms with E-state index in [9.17, 15) is 9.59 Å². The molecule has 0 aliphatic heterocycles. The van der Waals surface area contributed by atoms with Crippen molar-refractivity contribution in [2.24, 2.45) is 0 Å². The average Bonchev–Trinajstić information content (AvgIpc) is 3.05. The number of rotatable bonds is 3. The van der Waals surface area contributed by atoms with Crippen molar-refractivity contribution in [3.8, 4) is 11.3 Å². The van der Waals surface area contributed by atoms with E-state index < -0.39 is 0 Å². The van der Waals surface area contributed by atoms with E-state index in [1.54, 1.807) is 30.5 Å². The van der Waals surface area contributed by atoms with Crippen molar-refractivity contribution in [3.63, 3.8) is 0 Å². The van der Waals surface area contributed by atoms with E-state index in [1.165, 1.54) is 11.3 Å². The molecule has 2 heterocycles. The van der Waals surface area contributed by atoms with Gasteiger partial charge in [0.1, 0.15) is 4.88 Å². The van der Waals surface area contributed by atoms with Crippen LogP contribution < -0.4 is 10.2 Å². The number of aromatic amines is 1. The van der Waals surface area contributed by atoms with Crippen molar-refractivity contribution < 1.29 is 4.79 Å². The van der Waals surface area contributed by atoms with Gasteiger partial charge in [0.25, 0.3) is 5.91 Å². The lowest BCUT2D eigenvalue weighted by Gasteiger charge is -2.01. The zero-order chi connectivity index (χ0) is 16.6. The molecule has 0 spiro atoms. The standard InChI is InChI=1S/C14H9Cl2N3O2S2/c1-6-11(23-14(21)17-6)12(20)19-13-18-10(5-22-13)8-3-2-7(15)4-9(8)16/h2-5H,1H3,(H,17,21)(H,18,19,20). The second kappa shape index (κ2) is 6.45. The van der Waals surface area contributed by atoms with Gasteiger partial charge in [0.05, 0.1) is 10.7 Å². The van der Waals surface area contributed by atoms with Crippen LogP contribution in [0.3, 0.4) is 0 Å². The smallest absolute Gasteiger partial charge is 0.305 e. The number of benzene rings is 1. The van der Waals surface area contributed by atoms with E-state index in [0.717, 1.165) is 16.9 Å². The Morgan fingerprint density at radius 1 is 1.35 bits per heavy atom. The fourth-order valence-electron chi connectivity index (χ4n) is 1.93. The Hall–Kier alpha value is -1.67. The van der Waals surface area contributed by atoms with Gasteiger partial charge in [-0.15, -0.1) is 11.3 Å². The van der Waals surface area contributed by atoms with Crippen molar-refractivity contribution in [2.75, 3.05) is 5.32 Å². The van der Waals surface area contributed by atoms with Crippen molar-refractivity contribution in [1.82, 2.24) is 9.97 Å². The molecule has 0 atom stereocenters. The van der Waals surface area contributed by atoms with Crippen LogP contribution in [-0.4, -0.2) is 15.9 Å². The molecule has 5 nitrogen and oxygen atoms in total. The van der Waals surface area contributed by atoms with Crippen LogP contribution in [0.5, 0.6) is 0 Å². The molecule has 1 aromatic carbocycles. The number of aromatic nitrogens is 2. The van der Waals surface area contributed by atoms with Gasteiger partial charge >= 0.3 is 4.87 Å². The van der Waals surface area contributed by atoms with Gasteiger partial charge in [0.15, 0.2) is 5.13 Å². The summed E-state index contributed by atoms with van der Waals surface area (Å²) >= 11 is 14.2. The molecular formula is C14H9Cl2N3O2S2. The maximum absolute atomic E-state index is 12.2. The van der Waals surface area contributed by atoms with Crippen molar-refractivity contribution in [2.45, 2.75) is 6.92 Å². The number of anilines is 1. The summed E-state index contributed by atoms with van der Waals surface area (Å²) < 4.78 is 0. The molecule has 0 saturated heterocycles. The minimum absolute atomic E-state index is 0.263. The number of carbonyl (C=O) groups excluding carboxylic acids is 1. The molecule has 9 heteroatoms. The van der Waals surface area contributed by atoms with Gasteiger partial charge < -0.3 is 4.98 Å². The van der Waals surface area contributed by atoms with E-state index in [4.69, 9.17) is 23.2 Å². The van der Waals surface area contributed by atoms with Gasteiger partial charge in [-0.25, -0.2) is 4.98 Å². The molecule has 0 aliphatic carbocycles. The number of nitrogens with zero attached hydrogens (tertiary/aromatic N) is 1. The maximum atomic E-state index is 12.2. The monoisotopic (exact) mass is 385 g/mol. The Kier molecular flexibility index (Phi) is 4.54. The fraction of sp³-hybridized carbons (Fsp3) is 0.0714. The number of aryl methyl sites for hydroxylation is 1. The minimum atomic E-state index is -0.367. The number of amides is 1. The minimum Gasteiger partial charge on any atom is -0.316 e. The molecule has 0 fully saturated rings. The number of thiazole rings is 2. The molecule has 2 aromatic heterocycles. The van der Waals surface area contributed by atoms with Gasteiger partial charge in [-0.2, -0.15) is 0 Å². The molecule has 0 unspecified atom stereocenters. The zero-order valence-electron chi connectivity index (χ0n) is 11.6. The van der Waals surface area contributed by atoms with E-state index >= 15 is 0 Å². The highest BCUT2D eigenvalue weighted by Gasteiger charge is 2.16. The summed E-state index contributed by atoms with van der Waals surface area (Å²) in [6.45, 7) is 1.67. The molecule has 23 heavy (non-hydrogen) atoms. The van der Waals surface area contributed by atoms with Crippen molar-refractivity contribution >= 4 is 56.9 Å². The number of hydrogen-bond acceptors (Lipinski definition) is 5. The maximum Gasteiger partial charge on any atom is 0.305 e. The number of hydrogen-bond donors (Lipinski definition) is 2. The third-order valence-corrected chi connectivity index (χ3v) is 5.25. The second-order valence-corrected chi connectivity index (χ2v) is 7.27. The zero-order valence-corrected chi connectivity index (χ0v) is 14.8. The normalized spacial score (nSPS) is 10.7. The van der Waals surface area contributed by atoms with Gasteiger partial charge in [-0.05, 0) is 25.1 Å². The third kappa shape index (κ3) is 3.48. The predicted octanol–water partition coefficient (Wildman–Crippen LogP) is 4.43. The number of carbonyl (C=O) groups is 1. The van der Waals surface area contributed by atoms with Gasteiger partial charge in [-0.1, -0.05) is 34.5 Å². The highest BCUT2D eigenvalue weighted by molar-refractivity contribution is 7.14. The van der Waals surface area contributed by atoms with E-state index in [2.05, 4.69) is 15.3 Å². The number of H-pyrrole nitrogens is 1. The lowest BCUT2D eigenvalue weighted by molar-refractivity contribution is 0.103. The van der Waals surface area contributed by atoms with Gasteiger partial charge in [0.2, 0.25) is 0 Å². The Bertz CT molecular complexity index is 946. The molecule has 2 N–H and O–H groups in total. The van der Waals surface area contributed by atoms with Crippen LogP contribution in [0.2, 0.25) is 10.0 Å². The van der Waals surface area contributed by atoms with Gasteiger partial charge in [-0.3, -0.25) is 14.9 Å². The Labute approximate surface area is 148 Å². The summed E-state index contributed by atoms with van der Waals surface area (Å²) in [5, 5.41) is 5.93. The summed E-state index contributed by atoms with van der Waals surface area (Å²) in [7, 11) is 0. The summed E-state index contributed by atoms with van der Waals surface area (Å²) in [4.78, 5) is 30.4. The first-order valence-electron chi connectivity index (χ1n) is 6.36. The molecule has 0 saturated carbocycles. The van der Waals surface area contributed by atoms with Gasteiger partial charge in [0, 0.05) is 21.7 Å². The Morgan fingerprint density at radius 2 is 2.13 bits per heavy atom. The first-order valence-corrected chi connectivity index (χ1v) is 8.81. The molecule has 0 bridgehead atoms. The Balaban J connectivity index is 1.83. The topological polar surface area (TPSA) is 74.8 Å². The van der Waals surface area contributed by atoms with Crippen molar-refractivity contribution in [1.29, 1.82) is 0 Å². The molecule has 118 valence electrons. The first kappa shape index (κ1) is 16.2. The predicted molar refractivity (Wildman–Crippen MR) is 95.2 cm³/mol. The van der Waals surface area contributed by atoms with Crippen LogP contribution in [0.25, 0.3) is 11.3 Å². The van der Waals surface area contributed by atoms with Crippen LogP contribution in [0.15, 0.2) is 28.4 Å². The van der Waals surface area contributed by atoms with E-state index in [-0.39, 0.29) is 10.8 Å². The average molecular weight is 386 g/mol. The quantitative estimate of drug-likeness (QED) is 0.700. The largest absolute Gasteiger partial charge is 0.316 e. The summed E-state index contributed by atoms with van der Waals surface area (Å²) in [5.74, 6) is -0.367. The molecule has 0 radical (unpaired) electrons. The van der Waals surface area contributed by atoms with Crippen LogP contribution >= 0.6 is 45.9 Å². The molecule has 0 aliphatic rings. The SMILES string of the molecule is Cc1[nH]c(=O)sc1C(=O)Nc1nc(-c2ccc(Cl)cc2Cl)cs1. The number of nitrogens with one attached hydrogen (secondary N) is 2. The van der Waals surface area contributed by atoms with E-state index in [1.807, 2.05) is 0 Å². The Morgan fingerprint density at radius 3 is 2.78 bits per heavy atom. The molecule has 3 rings (SSSR count). The highest BCUT2D eigenvalue weighted by Crippen LogP contribution is 2.32. The summed E-state index contributed by atoms with van der Waals surface area (Å²) in [6.07, 6.45) is 0. The van der Waals surface area contributed by atoms with Crippen molar-refractivity contribution in [3.05, 3.63) is 53.9 Å². The molecule has 1 amide bonds. The van der Waals surface area contributed by atoms with Crippen LogP contribution in [0.4, 0.5) is 5.13 Å². The summed E-state index contributed by atoms with van der Waals surface area (Å²) in [6, 6.07) is 5.13. The summed E-state index contributed by atoms with van der Waals surface area (Å²) in [5.41, 5.74) is 1.91. The van der Waals surface area contributed by atoms with Crippen LogP contribution in [0, 0.1) is 6.92 Å². The van der Waals surface area contributed by atoms with Crippen LogP contribution in [-0.2, 0) is 0 Å². The highest BCUT2D eigenvalue weighted by atomic mass is 35.5. The number of halogens is 2. The lowest BCUT2D eigenvalue weighted by atomic mass is 10.2. The molecular weight excluding hydrogens is 377 g/mol. The third-order valence-electron chi connectivity index (χ3n) is 2.96. The first-order chi connectivity index (χ1) is 10.9. The lowest BCUT2D eigenvalue weighted by Crippen LogP contribution is -2.11.